The molecule has 0 aliphatic rings. The molecule has 0 spiro atoms. The quantitative estimate of drug-likeness (QED) is 0.665. The Morgan fingerprint density at radius 3 is 2.61 bits per heavy atom. The summed E-state index contributed by atoms with van der Waals surface area (Å²) in [6.45, 7) is 9.76. The average Bonchev–Trinajstić information content (AvgIpc) is 3.17. The zero-order chi connectivity index (χ0) is 20.1. The lowest BCUT2D eigenvalue weighted by Gasteiger charge is -2.11. The number of nitrogens with zero attached hydrogens (tertiary/aromatic N) is 2. The van der Waals surface area contributed by atoms with Gasteiger partial charge in [0.05, 0.1) is 11.1 Å². The van der Waals surface area contributed by atoms with Crippen LogP contribution in [0.15, 0.2) is 53.1 Å². The molecule has 0 saturated heterocycles. The smallest absolute Gasteiger partial charge is 0.258 e. The van der Waals surface area contributed by atoms with Gasteiger partial charge in [0.1, 0.15) is 0 Å². The van der Waals surface area contributed by atoms with E-state index in [4.69, 9.17) is 4.52 Å². The van der Waals surface area contributed by atoms with Gasteiger partial charge in [-0.25, -0.2) is 0 Å². The zero-order valence-corrected chi connectivity index (χ0v) is 16.7. The molecule has 0 aliphatic heterocycles. The van der Waals surface area contributed by atoms with Crippen molar-refractivity contribution in [3.05, 3.63) is 65.5 Å². The van der Waals surface area contributed by atoms with Gasteiger partial charge in [0.25, 0.3) is 11.8 Å². The molecule has 0 unspecified atom stereocenters. The maximum absolute atomic E-state index is 12.9. The molecule has 0 saturated carbocycles. The summed E-state index contributed by atoms with van der Waals surface area (Å²) in [4.78, 5) is 17.4. The minimum Gasteiger partial charge on any atom is -0.334 e. The third kappa shape index (κ3) is 4.64. The number of amides is 1. The second-order valence-electron chi connectivity index (χ2n) is 7.65. The highest BCUT2D eigenvalue weighted by molar-refractivity contribution is 6.08. The number of carbonyl (C=O) groups is 1. The summed E-state index contributed by atoms with van der Waals surface area (Å²) in [6.07, 6.45) is 0. The third-order valence-corrected chi connectivity index (χ3v) is 4.26. The molecule has 0 bridgehead atoms. The van der Waals surface area contributed by atoms with Crippen molar-refractivity contribution in [1.82, 2.24) is 15.5 Å². The molecule has 146 valence electrons. The first-order valence-corrected chi connectivity index (χ1v) is 9.43. The number of rotatable bonds is 6. The Morgan fingerprint density at radius 1 is 1.11 bits per heavy atom. The second-order valence-corrected chi connectivity index (χ2v) is 7.65. The Morgan fingerprint density at radius 2 is 1.89 bits per heavy atom. The highest BCUT2D eigenvalue weighted by atomic mass is 16.5. The van der Waals surface area contributed by atoms with Gasteiger partial charge in [-0.15, -0.1) is 0 Å². The summed E-state index contributed by atoms with van der Waals surface area (Å²) in [6, 6.07) is 15.0. The number of nitrogens with one attached hydrogen (secondary N) is 2. The monoisotopic (exact) mass is 378 g/mol. The minimum atomic E-state index is -0.230. The average molecular weight is 378 g/mol. The Balaban J connectivity index is 1.85. The second kappa shape index (κ2) is 8.35. The number of hydrogen-bond donors (Lipinski definition) is 2. The standard InChI is InChI=1S/C22H26N4O2/c1-5-23-14-15-9-8-10-16(13-15)24-19(27)17-11-6-7-12-18(17)20-25-21(26-28-20)22(2,3)4/h6-13,23H,5,14H2,1-4H3,(H,24,27). The van der Waals surface area contributed by atoms with Gasteiger partial charge in [-0.05, 0) is 36.4 Å². The largest absolute Gasteiger partial charge is 0.334 e. The SMILES string of the molecule is CCNCc1cccc(NC(=O)c2ccccc2-c2nc(C(C)(C)C)no2)c1. The normalized spacial score (nSPS) is 11.4. The van der Waals surface area contributed by atoms with Crippen LogP contribution in [0.25, 0.3) is 11.5 Å². The van der Waals surface area contributed by atoms with E-state index in [9.17, 15) is 4.79 Å². The lowest BCUT2D eigenvalue weighted by atomic mass is 9.96. The first-order valence-electron chi connectivity index (χ1n) is 9.43. The van der Waals surface area contributed by atoms with Crippen LogP contribution in [0.3, 0.4) is 0 Å². The lowest BCUT2D eigenvalue weighted by Crippen LogP contribution is -2.15. The van der Waals surface area contributed by atoms with Gasteiger partial charge < -0.3 is 15.2 Å². The van der Waals surface area contributed by atoms with E-state index in [0.717, 1.165) is 24.3 Å². The molecular weight excluding hydrogens is 352 g/mol. The van der Waals surface area contributed by atoms with E-state index in [1.807, 2.05) is 63.2 Å². The molecular formula is C22H26N4O2. The van der Waals surface area contributed by atoms with E-state index < -0.39 is 0 Å². The van der Waals surface area contributed by atoms with Crippen LogP contribution in [0.2, 0.25) is 0 Å². The fourth-order valence-corrected chi connectivity index (χ4v) is 2.73. The summed E-state index contributed by atoms with van der Waals surface area (Å²) in [5.41, 5.74) is 2.73. The van der Waals surface area contributed by atoms with E-state index >= 15 is 0 Å². The summed E-state index contributed by atoms with van der Waals surface area (Å²) >= 11 is 0. The number of benzene rings is 2. The van der Waals surface area contributed by atoms with Crippen molar-refractivity contribution in [2.75, 3.05) is 11.9 Å². The third-order valence-electron chi connectivity index (χ3n) is 4.26. The first kappa shape index (κ1) is 19.8. The van der Waals surface area contributed by atoms with Crippen molar-refractivity contribution in [1.29, 1.82) is 0 Å². The topological polar surface area (TPSA) is 80.0 Å². The number of anilines is 1. The van der Waals surface area contributed by atoms with Crippen LogP contribution < -0.4 is 10.6 Å². The molecule has 0 atom stereocenters. The van der Waals surface area contributed by atoms with Gasteiger partial charge in [0, 0.05) is 17.6 Å². The summed E-state index contributed by atoms with van der Waals surface area (Å²) in [5.74, 6) is 0.733. The van der Waals surface area contributed by atoms with Gasteiger partial charge in [-0.2, -0.15) is 4.98 Å². The predicted molar refractivity (Wildman–Crippen MR) is 110 cm³/mol. The summed E-state index contributed by atoms with van der Waals surface area (Å²) in [7, 11) is 0. The van der Waals surface area contributed by atoms with Crippen LogP contribution in [0, 0.1) is 0 Å². The van der Waals surface area contributed by atoms with Crippen LogP contribution in [0.1, 0.15) is 49.4 Å². The van der Waals surface area contributed by atoms with Gasteiger partial charge in [-0.3, -0.25) is 4.79 Å². The molecule has 2 aromatic carbocycles. The fraction of sp³-hybridized carbons (Fsp3) is 0.318. The summed E-state index contributed by atoms with van der Waals surface area (Å²) < 4.78 is 5.43. The molecule has 0 radical (unpaired) electrons. The van der Waals surface area contributed by atoms with E-state index in [1.54, 1.807) is 6.07 Å². The highest BCUT2D eigenvalue weighted by Gasteiger charge is 2.23. The highest BCUT2D eigenvalue weighted by Crippen LogP contribution is 2.26. The first-order chi connectivity index (χ1) is 13.4. The van der Waals surface area contributed by atoms with Crippen LogP contribution >= 0.6 is 0 Å². The summed E-state index contributed by atoms with van der Waals surface area (Å²) in [5, 5.41) is 10.3. The Bertz CT molecular complexity index is 957. The molecule has 3 rings (SSSR count). The molecule has 2 N–H and O–H groups in total. The molecule has 0 fully saturated rings. The van der Waals surface area contributed by atoms with Gasteiger partial charge in [0.15, 0.2) is 5.82 Å². The molecule has 3 aromatic rings. The van der Waals surface area contributed by atoms with E-state index in [-0.39, 0.29) is 11.3 Å². The van der Waals surface area contributed by atoms with Crippen molar-refractivity contribution in [3.8, 4) is 11.5 Å². The van der Waals surface area contributed by atoms with Gasteiger partial charge in [-0.1, -0.05) is 57.1 Å². The molecule has 1 amide bonds. The fourth-order valence-electron chi connectivity index (χ4n) is 2.73. The minimum absolute atomic E-state index is 0.216. The number of aromatic nitrogens is 2. The van der Waals surface area contributed by atoms with Crippen molar-refractivity contribution in [2.45, 2.75) is 39.7 Å². The molecule has 0 aliphatic carbocycles. The molecule has 6 nitrogen and oxygen atoms in total. The maximum atomic E-state index is 12.9. The van der Waals surface area contributed by atoms with E-state index in [1.165, 1.54) is 0 Å². The van der Waals surface area contributed by atoms with Crippen molar-refractivity contribution < 1.29 is 9.32 Å². The van der Waals surface area contributed by atoms with Crippen molar-refractivity contribution in [3.63, 3.8) is 0 Å². The predicted octanol–water partition coefficient (Wildman–Crippen LogP) is 4.40. The van der Waals surface area contributed by atoms with E-state index in [0.29, 0.717) is 22.8 Å². The number of hydrogen-bond acceptors (Lipinski definition) is 5. The van der Waals surface area contributed by atoms with Gasteiger partial charge in [0.2, 0.25) is 0 Å². The molecule has 6 heteroatoms. The molecule has 1 aromatic heterocycles. The maximum Gasteiger partial charge on any atom is 0.258 e. The zero-order valence-electron chi connectivity index (χ0n) is 16.7. The number of carbonyl (C=O) groups excluding carboxylic acids is 1. The van der Waals surface area contributed by atoms with Crippen LogP contribution in [-0.2, 0) is 12.0 Å². The molecule has 28 heavy (non-hydrogen) atoms. The molecule has 1 heterocycles. The van der Waals surface area contributed by atoms with Crippen molar-refractivity contribution >= 4 is 11.6 Å². The Hall–Kier alpha value is -2.99. The Labute approximate surface area is 165 Å². The van der Waals surface area contributed by atoms with Crippen LogP contribution in [0.5, 0.6) is 0 Å². The lowest BCUT2D eigenvalue weighted by molar-refractivity contribution is 0.102. The van der Waals surface area contributed by atoms with Crippen LogP contribution in [0.4, 0.5) is 5.69 Å². The van der Waals surface area contributed by atoms with E-state index in [2.05, 4.69) is 27.7 Å². The Kier molecular flexibility index (Phi) is 5.90. The van der Waals surface area contributed by atoms with Crippen LogP contribution in [-0.4, -0.2) is 22.6 Å². The van der Waals surface area contributed by atoms with Crippen molar-refractivity contribution in [2.24, 2.45) is 0 Å². The van der Waals surface area contributed by atoms with Gasteiger partial charge >= 0.3 is 0 Å².